The van der Waals surface area contributed by atoms with Crippen LogP contribution in [0.2, 0.25) is 0 Å². The van der Waals surface area contributed by atoms with Gasteiger partial charge in [-0.05, 0) is 30.6 Å². The predicted molar refractivity (Wildman–Crippen MR) is 51.1 cm³/mol. The second-order valence-corrected chi connectivity index (χ2v) is 5.95. The van der Waals surface area contributed by atoms with E-state index in [1.165, 1.54) is 12.8 Å². The zero-order valence-electron chi connectivity index (χ0n) is 8.17. The van der Waals surface area contributed by atoms with Crippen molar-refractivity contribution in [3.05, 3.63) is 0 Å². The molecule has 0 aromatic carbocycles. The summed E-state index contributed by atoms with van der Waals surface area (Å²) in [4.78, 5) is 0. The van der Waals surface area contributed by atoms with E-state index in [0.717, 1.165) is 29.2 Å². The van der Waals surface area contributed by atoms with Gasteiger partial charge in [0.05, 0.1) is 11.4 Å². The Balaban J connectivity index is 1.84. The lowest BCUT2D eigenvalue weighted by molar-refractivity contribution is -0.151. The monoisotopic (exact) mass is 204 g/mol. The van der Waals surface area contributed by atoms with Crippen LogP contribution in [0, 0.1) is 40.9 Å². The van der Waals surface area contributed by atoms with Crippen LogP contribution in [0.5, 0.6) is 0 Å². The van der Waals surface area contributed by atoms with Crippen LogP contribution in [0.15, 0.2) is 10.3 Å². The zero-order valence-corrected chi connectivity index (χ0v) is 8.17. The summed E-state index contributed by atoms with van der Waals surface area (Å²) < 4.78 is 0. The summed E-state index contributed by atoms with van der Waals surface area (Å²) in [7, 11) is 0. The predicted octanol–water partition coefficient (Wildman–Crippen LogP) is 1.18. The lowest BCUT2D eigenvalue weighted by Crippen LogP contribution is -2.64. The molecule has 4 heteroatoms. The van der Waals surface area contributed by atoms with Crippen molar-refractivity contribution in [3.63, 3.8) is 0 Å². The maximum atomic E-state index is 9.18. The SMILES string of the molecule is O/N=C1/[C@@H]2[C@@H]3C[C@]14[C@H]3[C@H]1C[C@H]2/C(=N\O)[C@H]14. The van der Waals surface area contributed by atoms with E-state index in [4.69, 9.17) is 5.21 Å². The van der Waals surface area contributed by atoms with E-state index in [0.29, 0.717) is 17.8 Å². The molecule has 1 spiro atoms. The molecule has 7 bridgehead atoms. The largest absolute Gasteiger partial charge is 0.411 e. The van der Waals surface area contributed by atoms with Crippen molar-refractivity contribution >= 4 is 11.4 Å². The molecular formula is C11H12N2O2. The Morgan fingerprint density at radius 2 is 2.07 bits per heavy atom. The molecule has 0 amide bonds. The van der Waals surface area contributed by atoms with Gasteiger partial charge in [0.15, 0.2) is 0 Å². The summed E-state index contributed by atoms with van der Waals surface area (Å²) in [5, 5.41) is 25.4. The van der Waals surface area contributed by atoms with Gasteiger partial charge in [0.2, 0.25) is 0 Å². The van der Waals surface area contributed by atoms with E-state index in [2.05, 4.69) is 10.3 Å². The first kappa shape index (κ1) is 7.25. The molecule has 0 aliphatic heterocycles. The van der Waals surface area contributed by atoms with E-state index in [9.17, 15) is 5.21 Å². The molecule has 0 saturated heterocycles. The molecule has 0 aromatic heterocycles. The number of oxime groups is 2. The number of nitrogens with zero attached hydrogens (tertiary/aromatic N) is 2. The Hall–Kier alpha value is -1.06. The Labute approximate surface area is 86.6 Å². The molecular weight excluding hydrogens is 192 g/mol. The quantitative estimate of drug-likeness (QED) is 0.459. The summed E-state index contributed by atoms with van der Waals surface area (Å²) in [5.41, 5.74) is 2.26. The topological polar surface area (TPSA) is 65.2 Å². The number of hydrogen-bond donors (Lipinski definition) is 2. The fourth-order valence-corrected chi connectivity index (χ4v) is 6.20. The van der Waals surface area contributed by atoms with Gasteiger partial charge in [-0.1, -0.05) is 10.3 Å². The normalized spacial score (nSPS) is 71.2. The van der Waals surface area contributed by atoms with Gasteiger partial charge in [0.25, 0.3) is 0 Å². The Bertz CT molecular complexity index is 450. The standard InChI is InChI=1S/C11H12N2O2/c14-12-9-3-1-4-7-5-2-11(7,8(4)9)10(13-15)6(3)5/h3-8,14-15H,1-2H2/b12-9+,13-10-/t3-,4-,5+,6+,7+,8+,11-/m1/s1. The smallest absolute Gasteiger partial charge is 0.0682 e. The highest BCUT2D eigenvalue weighted by Gasteiger charge is 2.88. The van der Waals surface area contributed by atoms with Gasteiger partial charge in [-0.2, -0.15) is 0 Å². The van der Waals surface area contributed by atoms with Crippen LogP contribution in [-0.2, 0) is 0 Å². The van der Waals surface area contributed by atoms with Crippen LogP contribution in [0.25, 0.3) is 0 Å². The first-order chi connectivity index (χ1) is 7.34. The number of hydrogen-bond acceptors (Lipinski definition) is 4. The van der Waals surface area contributed by atoms with Crippen LogP contribution in [0.3, 0.4) is 0 Å². The lowest BCUT2D eigenvalue weighted by Gasteiger charge is -2.64. The van der Waals surface area contributed by atoms with Crippen molar-refractivity contribution in [1.29, 1.82) is 0 Å². The summed E-state index contributed by atoms with van der Waals surface area (Å²) >= 11 is 0. The van der Waals surface area contributed by atoms with Crippen LogP contribution in [0.1, 0.15) is 12.8 Å². The van der Waals surface area contributed by atoms with E-state index in [1.807, 2.05) is 0 Å². The molecule has 15 heavy (non-hydrogen) atoms. The fraction of sp³-hybridized carbons (Fsp3) is 0.818. The van der Waals surface area contributed by atoms with Crippen LogP contribution in [-0.4, -0.2) is 21.8 Å². The fourth-order valence-electron chi connectivity index (χ4n) is 6.20. The third-order valence-electron chi connectivity index (χ3n) is 6.21. The highest BCUT2D eigenvalue weighted by Crippen LogP contribution is 2.87. The highest BCUT2D eigenvalue weighted by molar-refractivity contribution is 6.13. The van der Waals surface area contributed by atoms with Crippen molar-refractivity contribution in [2.75, 3.05) is 0 Å². The molecule has 7 fully saturated rings. The van der Waals surface area contributed by atoms with E-state index < -0.39 is 0 Å². The molecule has 0 unspecified atom stereocenters. The molecule has 4 nitrogen and oxygen atoms in total. The molecule has 7 aliphatic rings. The molecule has 7 atom stereocenters. The first-order valence-electron chi connectivity index (χ1n) is 5.79. The Kier molecular flexibility index (Phi) is 0.822. The van der Waals surface area contributed by atoms with Crippen molar-refractivity contribution in [2.45, 2.75) is 12.8 Å². The third kappa shape index (κ3) is 0.404. The lowest BCUT2D eigenvalue weighted by atomic mass is 9.38. The van der Waals surface area contributed by atoms with Crippen molar-refractivity contribution in [2.24, 2.45) is 51.2 Å². The summed E-state index contributed by atoms with van der Waals surface area (Å²) in [5.74, 6) is 3.51. The Morgan fingerprint density at radius 1 is 1.20 bits per heavy atom. The van der Waals surface area contributed by atoms with Gasteiger partial charge in [-0.3, -0.25) is 0 Å². The maximum Gasteiger partial charge on any atom is 0.0682 e. The molecule has 78 valence electrons. The summed E-state index contributed by atoms with van der Waals surface area (Å²) in [6.45, 7) is 0. The average molecular weight is 204 g/mol. The van der Waals surface area contributed by atoms with Crippen LogP contribution in [0.4, 0.5) is 0 Å². The van der Waals surface area contributed by atoms with Gasteiger partial charge in [0.1, 0.15) is 0 Å². The molecule has 2 N–H and O–H groups in total. The highest BCUT2D eigenvalue weighted by atomic mass is 16.4. The van der Waals surface area contributed by atoms with Gasteiger partial charge in [0, 0.05) is 23.2 Å². The molecule has 0 heterocycles. The second kappa shape index (κ2) is 1.70. The maximum absolute atomic E-state index is 9.18. The van der Waals surface area contributed by atoms with Crippen molar-refractivity contribution in [3.8, 4) is 0 Å². The zero-order chi connectivity index (χ0) is 9.95. The Morgan fingerprint density at radius 3 is 2.80 bits per heavy atom. The van der Waals surface area contributed by atoms with Gasteiger partial charge < -0.3 is 10.4 Å². The van der Waals surface area contributed by atoms with Gasteiger partial charge in [-0.15, -0.1) is 0 Å². The second-order valence-electron chi connectivity index (χ2n) is 5.95. The summed E-state index contributed by atoms with van der Waals surface area (Å²) in [6.07, 6.45) is 2.37. The average Bonchev–Trinajstić information content (AvgIpc) is 2.64. The molecule has 7 aliphatic carbocycles. The molecule has 7 rings (SSSR count). The minimum atomic E-state index is 0.156. The van der Waals surface area contributed by atoms with E-state index in [-0.39, 0.29) is 5.41 Å². The van der Waals surface area contributed by atoms with Crippen molar-refractivity contribution < 1.29 is 10.4 Å². The first-order valence-corrected chi connectivity index (χ1v) is 5.79. The van der Waals surface area contributed by atoms with E-state index >= 15 is 0 Å². The number of rotatable bonds is 0. The van der Waals surface area contributed by atoms with Crippen LogP contribution >= 0.6 is 0 Å². The molecule has 7 saturated carbocycles. The van der Waals surface area contributed by atoms with E-state index in [1.54, 1.807) is 0 Å². The summed E-state index contributed by atoms with van der Waals surface area (Å²) in [6, 6.07) is 0. The van der Waals surface area contributed by atoms with Gasteiger partial charge >= 0.3 is 0 Å². The minimum Gasteiger partial charge on any atom is -0.411 e. The molecule has 0 radical (unpaired) electrons. The molecule has 0 aromatic rings. The van der Waals surface area contributed by atoms with Crippen LogP contribution < -0.4 is 0 Å². The van der Waals surface area contributed by atoms with Crippen molar-refractivity contribution in [1.82, 2.24) is 0 Å². The van der Waals surface area contributed by atoms with Gasteiger partial charge in [-0.25, -0.2) is 0 Å². The minimum absolute atomic E-state index is 0.156. The third-order valence-corrected chi connectivity index (χ3v) is 6.21.